The molecular formula is C18H24NO2+. The summed E-state index contributed by atoms with van der Waals surface area (Å²) in [5, 5.41) is 11.3. The lowest BCUT2D eigenvalue weighted by Gasteiger charge is -2.34. The molecule has 3 atom stereocenters. The average molecular weight is 286 g/mol. The number of ether oxygens (including phenoxy) is 1. The van der Waals surface area contributed by atoms with Gasteiger partial charge in [-0.3, -0.25) is 0 Å². The Morgan fingerprint density at radius 1 is 1.29 bits per heavy atom. The van der Waals surface area contributed by atoms with Crippen LogP contribution in [-0.2, 0) is 10.3 Å². The molecule has 0 saturated carbocycles. The number of benzene rings is 1. The number of rotatable bonds is 5. The standard InChI is InChI=1S/C18H24NO2/c1-19-12-11-17(13-19)21-14-18(20,16-9-5-6-10-16)15-7-3-2-4-8-15/h2-5,7-9,13,16-17,20H,6,10-12,14H2,1H3/q+1/t16?,17-,18-/m0/s1. The minimum Gasteiger partial charge on any atom is -0.382 e. The molecule has 0 fully saturated rings. The molecule has 0 spiro atoms. The summed E-state index contributed by atoms with van der Waals surface area (Å²) in [7, 11) is 2.06. The zero-order valence-corrected chi connectivity index (χ0v) is 12.6. The van der Waals surface area contributed by atoms with E-state index in [0.29, 0.717) is 6.61 Å². The smallest absolute Gasteiger partial charge is 0.168 e. The summed E-state index contributed by atoms with van der Waals surface area (Å²) >= 11 is 0. The van der Waals surface area contributed by atoms with Crippen LogP contribution in [0.5, 0.6) is 0 Å². The van der Waals surface area contributed by atoms with Gasteiger partial charge in [0.1, 0.15) is 25.3 Å². The molecule has 1 heterocycles. The van der Waals surface area contributed by atoms with Crippen molar-refractivity contribution in [3.63, 3.8) is 0 Å². The summed E-state index contributed by atoms with van der Waals surface area (Å²) in [5.74, 6) is 0.138. The minimum atomic E-state index is -0.927. The average Bonchev–Trinajstić information content (AvgIpc) is 3.17. The fourth-order valence-electron chi connectivity index (χ4n) is 3.29. The first kappa shape index (κ1) is 14.5. The number of hydrogen-bond acceptors (Lipinski definition) is 2. The van der Waals surface area contributed by atoms with Crippen molar-refractivity contribution in [2.24, 2.45) is 5.92 Å². The molecule has 3 nitrogen and oxygen atoms in total. The topological polar surface area (TPSA) is 32.5 Å². The van der Waals surface area contributed by atoms with Crippen LogP contribution < -0.4 is 0 Å². The van der Waals surface area contributed by atoms with Gasteiger partial charge in [0.05, 0.1) is 6.61 Å². The highest BCUT2D eigenvalue weighted by Crippen LogP contribution is 2.37. The first-order valence-electron chi connectivity index (χ1n) is 7.80. The van der Waals surface area contributed by atoms with Gasteiger partial charge >= 0.3 is 0 Å². The van der Waals surface area contributed by atoms with Gasteiger partial charge in [-0.25, -0.2) is 4.58 Å². The number of hydrogen-bond donors (Lipinski definition) is 1. The molecule has 112 valence electrons. The van der Waals surface area contributed by atoms with Crippen molar-refractivity contribution in [1.29, 1.82) is 0 Å². The van der Waals surface area contributed by atoms with Crippen LogP contribution >= 0.6 is 0 Å². The monoisotopic (exact) mass is 286 g/mol. The Balaban J connectivity index is 1.78. The number of allylic oxidation sites excluding steroid dienone is 1. The maximum atomic E-state index is 11.3. The second kappa shape index (κ2) is 6.12. The van der Waals surface area contributed by atoms with E-state index in [1.54, 1.807) is 0 Å². The third-order valence-electron chi connectivity index (χ3n) is 4.60. The summed E-state index contributed by atoms with van der Waals surface area (Å²) in [6.07, 6.45) is 9.56. The molecule has 1 aliphatic carbocycles. The zero-order valence-electron chi connectivity index (χ0n) is 12.6. The molecule has 3 heteroatoms. The van der Waals surface area contributed by atoms with E-state index in [-0.39, 0.29) is 12.0 Å². The van der Waals surface area contributed by atoms with Crippen LogP contribution in [0.4, 0.5) is 0 Å². The molecule has 1 unspecified atom stereocenters. The predicted molar refractivity (Wildman–Crippen MR) is 83.7 cm³/mol. The molecule has 1 aromatic rings. The molecule has 21 heavy (non-hydrogen) atoms. The van der Waals surface area contributed by atoms with E-state index < -0.39 is 5.60 Å². The second-order valence-corrected chi connectivity index (χ2v) is 6.17. The Morgan fingerprint density at radius 3 is 2.71 bits per heavy atom. The van der Waals surface area contributed by atoms with Gasteiger partial charge in [-0.05, 0) is 18.4 Å². The molecule has 0 saturated heterocycles. The van der Waals surface area contributed by atoms with Gasteiger partial charge in [0.2, 0.25) is 0 Å². The molecule has 0 radical (unpaired) electrons. The van der Waals surface area contributed by atoms with E-state index in [0.717, 1.165) is 31.4 Å². The van der Waals surface area contributed by atoms with E-state index >= 15 is 0 Å². The lowest BCUT2D eigenvalue weighted by molar-refractivity contribution is -0.484. The van der Waals surface area contributed by atoms with Crippen LogP contribution in [0, 0.1) is 5.92 Å². The maximum Gasteiger partial charge on any atom is 0.168 e. The zero-order chi connectivity index (χ0) is 14.7. The first-order chi connectivity index (χ1) is 10.2. The van der Waals surface area contributed by atoms with Gasteiger partial charge in [-0.2, -0.15) is 0 Å². The lowest BCUT2D eigenvalue weighted by Crippen LogP contribution is -2.39. The van der Waals surface area contributed by atoms with Crippen molar-refractivity contribution < 1.29 is 14.4 Å². The van der Waals surface area contributed by atoms with Crippen LogP contribution in [0.1, 0.15) is 24.8 Å². The summed E-state index contributed by atoms with van der Waals surface area (Å²) in [5.41, 5.74) is 0.0244. The molecule has 1 N–H and O–H groups in total. The van der Waals surface area contributed by atoms with Gasteiger partial charge in [0.25, 0.3) is 0 Å². The van der Waals surface area contributed by atoms with Crippen LogP contribution in [0.25, 0.3) is 0 Å². The van der Waals surface area contributed by atoms with Gasteiger partial charge in [-0.15, -0.1) is 0 Å². The third kappa shape index (κ3) is 3.09. The van der Waals surface area contributed by atoms with Crippen LogP contribution in [0.2, 0.25) is 0 Å². The highest BCUT2D eigenvalue weighted by molar-refractivity contribution is 5.58. The second-order valence-electron chi connectivity index (χ2n) is 6.17. The fourth-order valence-corrected chi connectivity index (χ4v) is 3.29. The van der Waals surface area contributed by atoms with Crippen LogP contribution in [0.3, 0.4) is 0 Å². The van der Waals surface area contributed by atoms with Crippen LogP contribution in [-0.4, -0.2) is 42.2 Å². The predicted octanol–water partition coefficient (Wildman–Crippen LogP) is 2.34. The molecule has 1 aromatic carbocycles. The van der Waals surface area contributed by atoms with E-state index in [1.807, 2.05) is 30.3 Å². The van der Waals surface area contributed by atoms with E-state index in [2.05, 4.69) is 30.0 Å². The Bertz CT molecular complexity index is 537. The summed E-state index contributed by atoms with van der Waals surface area (Å²) in [6.45, 7) is 1.37. The summed E-state index contributed by atoms with van der Waals surface area (Å²) in [4.78, 5) is 0. The molecule has 0 aromatic heterocycles. The van der Waals surface area contributed by atoms with E-state index in [1.165, 1.54) is 0 Å². The highest BCUT2D eigenvalue weighted by Gasteiger charge is 2.39. The third-order valence-corrected chi connectivity index (χ3v) is 4.60. The molecular weight excluding hydrogens is 262 g/mol. The normalized spacial score (nSPS) is 27.6. The largest absolute Gasteiger partial charge is 0.382 e. The molecule has 0 amide bonds. The molecule has 1 aliphatic heterocycles. The molecule has 2 aliphatic rings. The quantitative estimate of drug-likeness (QED) is 0.665. The minimum absolute atomic E-state index is 0.121. The Labute approximate surface area is 126 Å². The van der Waals surface area contributed by atoms with Crippen molar-refractivity contribution in [1.82, 2.24) is 0 Å². The fraction of sp³-hybridized carbons (Fsp3) is 0.500. The van der Waals surface area contributed by atoms with E-state index in [9.17, 15) is 5.11 Å². The summed E-state index contributed by atoms with van der Waals surface area (Å²) in [6, 6.07) is 9.94. The number of nitrogens with zero attached hydrogens (tertiary/aromatic N) is 1. The van der Waals surface area contributed by atoms with Crippen molar-refractivity contribution in [2.75, 3.05) is 20.2 Å². The van der Waals surface area contributed by atoms with Gasteiger partial charge in [0, 0.05) is 12.3 Å². The molecule has 3 rings (SSSR count). The Kier molecular flexibility index (Phi) is 4.22. The Morgan fingerprint density at radius 2 is 2.10 bits per heavy atom. The van der Waals surface area contributed by atoms with E-state index in [4.69, 9.17) is 4.74 Å². The summed E-state index contributed by atoms with van der Waals surface area (Å²) < 4.78 is 8.18. The highest BCUT2D eigenvalue weighted by atomic mass is 16.5. The lowest BCUT2D eigenvalue weighted by atomic mass is 9.81. The van der Waals surface area contributed by atoms with Crippen LogP contribution in [0.15, 0.2) is 42.5 Å². The molecule has 0 bridgehead atoms. The van der Waals surface area contributed by atoms with Crippen molar-refractivity contribution in [2.45, 2.75) is 31.0 Å². The van der Waals surface area contributed by atoms with Crippen molar-refractivity contribution in [3.05, 3.63) is 48.0 Å². The first-order valence-corrected chi connectivity index (χ1v) is 7.80. The van der Waals surface area contributed by atoms with Gasteiger partial charge in [-0.1, -0.05) is 42.5 Å². The number of aliphatic hydroxyl groups is 1. The Hall–Kier alpha value is -1.45. The maximum absolute atomic E-state index is 11.3. The van der Waals surface area contributed by atoms with Gasteiger partial charge in [0.15, 0.2) is 6.21 Å². The van der Waals surface area contributed by atoms with Crippen molar-refractivity contribution >= 4 is 6.21 Å². The van der Waals surface area contributed by atoms with Gasteiger partial charge < -0.3 is 9.84 Å². The van der Waals surface area contributed by atoms with Crippen molar-refractivity contribution in [3.8, 4) is 0 Å². The SMILES string of the molecule is C[N+]1=C[C@@H](OC[C@](O)(c2ccccc2)C2C=CCC2)CC1.